The van der Waals surface area contributed by atoms with E-state index in [0.717, 1.165) is 19.5 Å². The van der Waals surface area contributed by atoms with Gasteiger partial charge in [-0.25, -0.2) is 0 Å². The van der Waals surface area contributed by atoms with Crippen molar-refractivity contribution < 1.29 is 4.79 Å². The van der Waals surface area contributed by atoms with Crippen molar-refractivity contribution in [3.05, 3.63) is 0 Å². The van der Waals surface area contributed by atoms with Crippen molar-refractivity contribution in [3.8, 4) is 0 Å². The number of nitrogens with zero attached hydrogens (tertiary/aromatic N) is 1. The Morgan fingerprint density at radius 3 is 2.84 bits per heavy atom. The molecule has 0 aromatic carbocycles. The molecule has 0 spiro atoms. The molecule has 0 radical (unpaired) electrons. The number of carbonyl (C=O) groups excluding carboxylic acids is 1. The average Bonchev–Trinajstić information content (AvgIpc) is 2.45. The number of likely N-dealkylation sites (N-methyl/N-ethyl adjacent to an activating group) is 1. The largest absolute Gasteiger partial charge is 0.355 e. The fourth-order valence-corrected chi connectivity index (χ4v) is 3.20. The third-order valence-corrected chi connectivity index (χ3v) is 4.59. The van der Waals surface area contributed by atoms with Crippen LogP contribution in [0.15, 0.2) is 0 Å². The molecular weight excluding hydrogens is 238 g/mol. The van der Waals surface area contributed by atoms with Gasteiger partial charge >= 0.3 is 0 Å². The van der Waals surface area contributed by atoms with Gasteiger partial charge in [-0.1, -0.05) is 12.8 Å². The zero-order valence-corrected chi connectivity index (χ0v) is 12.3. The Bertz CT molecular complexity index is 277. The average molecular weight is 267 g/mol. The Morgan fingerprint density at radius 1 is 1.26 bits per heavy atom. The first-order chi connectivity index (χ1) is 9.25. The van der Waals surface area contributed by atoms with Gasteiger partial charge < -0.3 is 15.5 Å². The molecule has 0 saturated carbocycles. The smallest absolute Gasteiger partial charge is 0.220 e. The van der Waals surface area contributed by atoms with Gasteiger partial charge in [-0.15, -0.1) is 0 Å². The minimum absolute atomic E-state index is 0.228. The second-order valence-electron chi connectivity index (χ2n) is 6.12. The van der Waals surface area contributed by atoms with Gasteiger partial charge in [0.15, 0.2) is 0 Å². The third kappa shape index (κ3) is 5.11. The van der Waals surface area contributed by atoms with Gasteiger partial charge in [-0.2, -0.15) is 0 Å². The fraction of sp³-hybridized carbons (Fsp3) is 0.933. The van der Waals surface area contributed by atoms with Crippen LogP contribution in [0.4, 0.5) is 0 Å². The summed E-state index contributed by atoms with van der Waals surface area (Å²) in [5.74, 6) is 0.228. The molecule has 0 aromatic heterocycles. The fourth-order valence-electron chi connectivity index (χ4n) is 3.20. The molecule has 2 saturated heterocycles. The molecule has 2 atom stereocenters. The SMILES string of the molecule is CN1CCCCC1CNC(=O)CCC1CCCCN1. The second-order valence-corrected chi connectivity index (χ2v) is 6.12. The Labute approximate surface area is 117 Å². The maximum atomic E-state index is 11.9. The molecule has 0 aromatic rings. The number of rotatable bonds is 5. The van der Waals surface area contributed by atoms with Crippen LogP contribution in [0.3, 0.4) is 0 Å². The van der Waals surface area contributed by atoms with Crippen LogP contribution in [0.25, 0.3) is 0 Å². The van der Waals surface area contributed by atoms with Crippen molar-refractivity contribution in [1.29, 1.82) is 0 Å². The maximum absolute atomic E-state index is 11.9. The van der Waals surface area contributed by atoms with Gasteiger partial charge in [0.2, 0.25) is 5.91 Å². The lowest BCUT2D eigenvalue weighted by atomic mass is 10.00. The van der Waals surface area contributed by atoms with Crippen LogP contribution in [-0.2, 0) is 4.79 Å². The number of nitrogens with one attached hydrogen (secondary N) is 2. The summed E-state index contributed by atoms with van der Waals surface area (Å²) in [6, 6.07) is 1.11. The van der Waals surface area contributed by atoms with Crippen molar-refractivity contribution in [3.63, 3.8) is 0 Å². The monoisotopic (exact) mass is 267 g/mol. The van der Waals surface area contributed by atoms with Gasteiger partial charge in [0.05, 0.1) is 0 Å². The van der Waals surface area contributed by atoms with E-state index in [2.05, 4.69) is 22.6 Å². The summed E-state index contributed by atoms with van der Waals surface area (Å²) in [7, 11) is 2.17. The van der Waals surface area contributed by atoms with E-state index in [-0.39, 0.29) is 5.91 Å². The maximum Gasteiger partial charge on any atom is 0.220 e. The molecule has 2 aliphatic heterocycles. The number of hydrogen-bond donors (Lipinski definition) is 2. The lowest BCUT2D eigenvalue weighted by molar-refractivity contribution is -0.121. The molecule has 2 N–H and O–H groups in total. The lowest BCUT2D eigenvalue weighted by Gasteiger charge is -2.32. The van der Waals surface area contributed by atoms with E-state index in [1.54, 1.807) is 0 Å². The zero-order valence-electron chi connectivity index (χ0n) is 12.3. The van der Waals surface area contributed by atoms with Gasteiger partial charge in [0.25, 0.3) is 0 Å². The molecule has 0 bridgehead atoms. The van der Waals surface area contributed by atoms with E-state index in [0.29, 0.717) is 18.5 Å². The predicted octanol–water partition coefficient (Wildman–Crippen LogP) is 1.51. The Kier molecular flexibility index (Phi) is 6.11. The number of likely N-dealkylation sites (tertiary alicyclic amines) is 1. The highest BCUT2D eigenvalue weighted by Crippen LogP contribution is 2.14. The number of amides is 1. The summed E-state index contributed by atoms with van der Waals surface area (Å²) in [6.45, 7) is 3.12. The third-order valence-electron chi connectivity index (χ3n) is 4.59. The van der Waals surface area contributed by atoms with Crippen LogP contribution >= 0.6 is 0 Å². The minimum Gasteiger partial charge on any atom is -0.355 e. The predicted molar refractivity (Wildman–Crippen MR) is 78.2 cm³/mol. The second kappa shape index (κ2) is 7.85. The summed E-state index contributed by atoms with van der Waals surface area (Å²) in [5, 5.41) is 6.61. The molecule has 2 rings (SSSR count). The van der Waals surface area contributed by atoms with Crippen molar-refractivity contribution >= 4 is 5.91 Å². The molecule has 2 aliphatic rings. The molecule has 2 unspecified atom stereocenters. The minimum atomic E-state index is 0.228. The molecule has 19 heavy (non-hydrogen) atoms. The number of hydrogen-bond acceptors (Lipinski definition) is 3. The molecule has 4 nitrogen and oxygen atoms in total. The Balaban J connectivity index is 1.58. The molecule has 110 valence electrons. The van der Waals surface area contributed by atoms with E-state index < -0.39 is 0 Å². The standard InChI is InChI=1S/C15H29N3O/c1-18-11-5-3-7-14(18)12-17-15(19)9-8-13-6-2-4-10-16-13/h13-14,16H,2-12H2,1H3,(H,17,19). The highest BCUT2D eigenvalue weighted by Gasteiger charge is 2.19. The van der Waals surface area contributed by atoms with E-state index >= 15 is 0 Å². The number of carbonyl (C=O) groups is 1. The first-order valence-corrected chi connectivity index (χ1v) is 7.96. The molecule has 0 aliphatic carbocycles. The number of piperidine rings is 2. The first kappa shape index (κ1) is 14.8. The summed E-state index contributed by atoms with van der Waals surface area (Å²) in [6.07, 6.45) is 9.33. The summed E-state index contributed by atoms with van der Waals surface area (Å²) in [4.78, 5) is 14.3. The van der Waals surface area contributed by atoms with Crippen LogP contribution in [-0.4, -0.2) is 49.6 Å². The Morgan fingerprint density at radius 2 is 2.11 bits per heavy atom. The van der Waals surface area contributed by atoms with Crippen LogP contribution in [0.2, 0.25) is 0 Å². The summed E-state index contributed by atoms with van der Waals surface area (Å²) < 4.78 is 0. The quantitative estimate of drug-likeness (QED) is 0.793. The normalized spacial score (nSPS) is 29.1. The van der Waals surface area contributed by atoms with Crippen molar-refractivity contribution in [2.45, 2.75) is 63.5 Å². The van der Waals surface area contributed by atoms with Gasteiger partial charge in [0, 0.05) is 25.0 Å². The summed E-state index contributed by atoms with van der Waals surface area (Å²) >= 11 is 0. The lowest BCUT2D eigenvalue weighted by Crippen LogP contribution is -2.44. The van der Waals surface area contributed by atoms with Crippen molar-refractivity contribution in [2.75, 3.05) is 26.7 Å². The highest BCUT2D eigenvalue weighted by atomic mass is 16.1. The molecule has 2 fully saturated rings. The van der Waals surface area contributed by atoms with E-state index in [1.807, 2.05) is 0 Å². The molecule has 2 heterocycles. The van der Waals surface area contributed by atoms with E-state index in [1.165, 1.54) is 45.1 Å². The van der Waals surface area contributed by atoms with Gasteiger partial charge in [-0.3, -0.25) is 4.79 Å². The van der Waals surface area contributed by atoms with Crippen LogP contribution in [0, 0.1) is 0 Å². The Hall–Kier alpha value is -0.610. The van der Waals surface area contributed by atoms with Crippen molar-refractivity contribution in [1.82, 2.24) is 15.5 Å². The molecular formula is C15H29N3O. The highest BCUT2D eigenvalue weighted by molar-refractivity contribution is 5.75. The van der Waals surface area contributed by atoms with Gasteiger partial charge in [0.1, 0.15) is 0 Å². The van der Waals surface area contributed by atoms with Gasteiger partial charge in [-0.05, 0) is 52.2 Å². The topological polar surface area (TPSA) is 44.4 Å². The van der Waals surface area contributed by atoms with Crippen LogP contribution in [0.1, 0.15) is 51.4 Å². The van der Waals surface area contributed by atoms with E-state index in [9.17, 15) is 4.79 Å². The van der Waals surface area contributed by atoms with Crippen LogP contribution < -0.4 is 10.6 Å². The van der Waals surface area contributed by atoms with Crippen LogP contribution in [0.5, 0.6) is 0 Å². The van der Waals surface area contributed by atoms with Crippen molar-refractivity contribution in [2.24, 2.45) is 0 Å². The molecule has 4 heteroatoms. The summed E-state index contributed by atoms with van der Waals surface area (Å²) in [5.41, 5.74) is 0. The molecule has 1 amide bonds. The van der Waals surface area contributed by atoms with E-state index in [4.69, 9.17) is 0 Å². The zero-order chi connectivity index (χ0) is 13.5. The first-order valence-electron chi connectivity index (χ1n) is 7.96.